The number of rotatable bonds is 8. The van der Waals surface area contributed by atoms with Crippen molar-refractivity contribution in [3.63, 3.8) is 0 Å². The Morgan fingerprint density at radius 2 is 1.71 bits per heavy atom. The second-order valence-corrected chi connectivity index (χ2v) is 10.1. The first kappa shape index (κ1) is 24.8. The molecule has 0 spiro atoms. The van der Waals surface area contributed by atoms with E-state index in [9.17, 15) is 19.5 Å². The Morgan fingerprint density at radius 1 is 1.11 bits per heavy atom. The van der Waals surface area contributed by atoms with E-state index in [-0.39, 0.29) is 36.8 Å². The van der Waals surface area contributed by atoms with Crippen LogP contribution in [0, 0.1) is 17.3 Å². The molecule has 7 heteroatoms. The van der Waals surface area contributed by atoms with E-state index in [0.29, 0.717) is 25.9 Å². The first-order chi connectivity index (χ1) is 16.7. The number of fused-ring (bicyclic) bond motifs is 3. The average Bonchev–Trinajstić information content (AvgIpc) is 3.34. The van der Waals surface area contributed by atoms with Crippen molar-refractivity contribution < 1.29 is 24.2 Å². The van der Waals surface area contributed by atoms with Crippen molar-refractivity contribution in [2.45, 2.75) is 39.5 Å². The fourth-order valence-electron chi connectivity index (χ4n) is 5.28. The number of benzene rings is 2. The number of hydrogen-bond acceptors (Lipinski definition) is 4. The predicted octanol–water partition coefficient (Wildman–Crippen LogP) is 4.51. The maximum Gasteiger partial charge on any atom is 0.407 e. The number of likely N-dealkylation sites (tertiary alicyclic amines) is 1. The van der Waals surface area contributed by atoms with E-state index in [1.807, 2.05) is 38.1 Å². The first-order valence-corrected chi connectivity index (χ1v) is 12.3. The number of alkyl carbamates (subject to hydrolysis) is 1. The van der Waals surface area contributed by atoms with Crippen LogP contribution in [0.2, 0.25) is 0 Å². The highest BCUT2D eigenvalue weighted by Crippen LogP contribution is 2.44. The highest BCUT2D eigenvalue weighted by molar-refractivity contribution is 5.82. The SMILES string of the molecule is CC(CCCNC(=O)OCC1c2ccccc2-c2ccccc21)C(=O)N1C[C@H](C)[C@@](C)(C(=O)O)C1. The van der Waals surface area contributed by atoms with E-state index >= 15 is 0 Å². The summed E-state index contributed by atoms with van der Waals surface area (Å²) >= 11 is 0. The van der Waals surface area contributed by atoms with Crippen molar-refractivity contribution in [1.82, 2.24) is 10.2 Å². The Balaban J connectivity index is 1.21. The molecule has 1 heterocycles. The largest absolute Gasteiger partial charge is 0.481 e. The number of carbonyl (C=O) groups excluding carboxylic acids is 2. The maximum atomic E-state index is 12.8. The second kappa shape index (κ2) is 10.1. The molecular formula is C28H34N2O5. The summed E-state index contributed by atoms with van der Waals surface area (Å²) in [6.45, 7) is 6.83. The molecule has 3 atom stereocenters. The topological polar surface area (TPSA) is 95.9 Å². The van der Waals surface area contributed by atoms with Gasteiger partial charge in [0.05, 0.1) is 5.41 Å². The minimum Gasteiger partial charge on any atom is -0.481 e. The van der Waals surface area contributed by atoms with Gasteiger partial charge in [-0.1, -0.05) is 62.4 Å². The summed E-state index contributed by atoms with van der Waals surface area (Å²) in [5.41, 5.74) is 3.81. The molecule has 2 N–H and O–H groups in total. The molecule has 2 aromatic rings. The third kappa shape index (κ3) is 4.90. The monoisotopic (exact) mass is 478 g/mol. The molecule has 1 aliphatic carbocycles. The Hall–Kier alpha value is -3.35. The van der Waals surface area contributed by atoms with Crippen molar-refractivity contribution in [2.24, 2.45) is 17.3 Å². The standard InChI is InChI=1S/C28H34N2O5/c1-18(25(31)30-15-19(2)28(3,17-30)26(32)33)9-8-14-29-27(34)35-16-24-22-12-6-4-10-20(22)21-11-5-7-13-23(21)24/h4-7,10-13,18-19,24H,8-9,14-17H2,1-3H3,(H,29,34)(H,32,33)/t18?,19-,28-/m0/s1. The fourth-order valence-corrected chi connectivity index (χ4v) is 5.28. The smallest absolute Gasteiger partial charge is 0.407 e. The van der Waals surface area contributed by atoms with Gasteiger partial charge in [0.25, 0.3) is 0 Å². The summed E-state index contributed by atoms with van der Waals surface area (Å²) in [5, 5.41) is 12.3. The summed E-state index contributed by atoms with van der Waals surface area (Å²) in [5.74, 6) is -1.19. The number of carboxylic acids is 1. The number of carbonyl (C=O) groups is 3. The Bertz CT molecular complexity index is 1070. The number of ether oxygens (including phenoxy) is 1. The highest BCUT2D eigenvalue weighted by Gasteiger charge is 2.48. The zero-order valence-corrected chi connectivity index (χ0v) is 20.6. The van der Waals surface area contributed by atoms with Crippen molar-refractivity contribution in [3.8, 4) is 11.1 Å². The molecule has 4 rings (SSSR count). The molecule has 0 bridgehead atoms. The Labute approximate surface area is 206 Å². The van der Waals surface area contributed by atoms with Gasteiger partial charge in [-0.2, -0.15) is 0 Å². The Kier molecular flexibility index (Phi) is 7.15. The van der Waals surface area contributed by atoms with E-state index < -0.39 is 17.5 Å². The average molecular weight is 479 g/mol. The van der Waals surface area contributed by atoms with E-state index in [1.165, 1.54) is 22.3 Å². The van der Waals surface area contributed by atoms with Gasteiger partial charge in [-0.05, 0) is 47.9 Å². The second-order valence-electron chi connectivity index (χ2n) is 10.1. The number of hydrogen-bond donors (Lipinski definition) is 2. The van der Waals surface area contributed by atoms with Crippen LogP contribution in [0.15, 0.2) is 48.5 Å². The van der Waals surface area contributed by atoms with Crippen LogP contribution in [0.4, 0.5) is 4.79 Å². The van der Waals surface area contributed by atoms with Crippen LogP contribution in [0.1, 0.15) is 50.7 Å². The molecule has 2 amide bonds. The summed E-state index contributed by atoms with van der Waals surface area (Å²) in [6.07, 6.45) is 0.782. The lowest BCUT2D eigenvalue weighted by Crippen LogP contribution is -2.38. The van der Waals surface area contributed by atoms with Gasteiger partial charge in [0, 0.05) is 31.5 Å². The fraction of sp³-hybridized carbons (Fsp3) is 0.464. The molecule has 0 saturated carbocycles. The van der Waals surface area contributed by atoms with Gasteiger partial charge in [-0.25, -0.2) is 4.79 Å². The number of aliphatic carboxylic acids is 1. The molecule has 1 aliphatic heterocycles. The number of nitrogens with one attached hydrogen (secondary N) is 1. The summed E-state index contributed by atoms with van der Waals surface area (Å²) < 4.78 is 5.55. The van der Waals surface area contributed by atoms with Gasteiger partial charge in [-0.3, -0.25) is 9.59 Å². The molecule has 0 aromatic heterocycles. The number of nitrogens with zero attached hydrogens (tertiary/aromatic N) is 1. The lowest BCUT2D eigenvalue weighted by molar-refractivity contribution is -0.149. The Morgan fingerprint density at radius 3 is 2.29 bits per heavy atom. The molecular weight excluding hydrogens is 444 g/mol. The van der Waals surface area contributed by atoms with Crippen molar-refractivity contribution in [1.29, 1.82) is 0 Å². The van der Waals surface area contributed by atoms with Gasteiger partial charge in [0.2, 0.25) is 5.91 Å². The number of amides is 2. The normalized spacial score (nSPS) is 21.8. The van der Waals surface area contributed by atoms with Crippen LogP contribution in [0.25, 0.3) is 11.1 Å². The number of carboxylic acid groups (broad SMARTS) is 1. The first-order valence-electron chi connectivity index (χ1n) is 12.3. The van der Waals surface area contributed by atoms with E-state index in [2.05, 4.69) is 29.6 Å². The van der Waals surface area contributed by atoms with E-state index in [4.69, 9.17) is 4.74 Å². The van der Waals surface area contributed by atoms with E-state index in [1.54, 1.807) is 11.8 Å². The molecule has 2 aliphatic rings. The zero-order chi connectivity index (χ0) is 25.2. The predicted molar refractivity (Wildman–Crippen MR) is 133 cm³/mol. The van der Waals surface area contributed by atoms with E-state index in [0.717, 1.165) is 0 Å². The molecule has 0 radical (unpaired) electrons. The quantitative estimate of drug-likeness (QED) is 0.544. The molecule has 1 unspecified atom stereocenters. The lowest BCUT2D eigenvalue weighted by Gasteiger charge is -2.24. The lowest BCUT2D eigenvalue weighted by atomic mass is 9.81. The van der Waals surface area contributed by atoms with Crippen molar-refractivity contribution in [2.75, 3.05) is 26.2 Å². The van der Waals surface area contributed by atoms with Gasteiger partial charge in [-0.15, -0.1) is 0 Å². The third-order valence-electron chi connectivity index (χ3n) is 7.75. The summed E-state index contributed by atoms with van der Waals surface area (Å²) in [7, 11) is 0. The molecule has 186 valence electrons. The van der Waals surface area contributed by atoms with Gasteiger partial charge in [0.1, 0.15) is 6.61 Å². The van der Waals surface area contributed by atoms with Crippen LogP contribution < -0.4 is 5.32 Å². The maximum absolute atomic E-state index is 12.8. The zero-order valence-electron chi connectivity index (χ0n) is 20.6. The highest BCUT2D eigenvalue weighted by atomic mass is 16.5. The third-order valence-corrected chi connectivity index (χ3v) is 7.75. The molecule has 1 saturated heterocycles. The van der Waals surface area contributed by atoms with Crippen LogP contribution in [0.3, 0.4) is 0 Å². The minimum absolute atomic E-state index is 0.0186. The molecule has 7 nitrogen and oxygen atoms in total. The van der Waals surface area contributed by atoms with Gasteiger partial charge in [0.15, 0.2) is 0 Å². The molecule has 1 fully saturated rings. The van der Waals surface area contributed by atoms with Crippen LogP contribution in [-0.2, 0) is 14.3 Å². The van der Waals surface area contributed by atoms with Crippen LogP contribution in [0.5, 0.6) is 0 Å². The van der Waals surface area contributed by atoms with Crippen LogP contribution in [-0.4, -0.2) is 54.2 Å². The summed E-state index contributed by atoms with van der Waals surface area (Å²) in [6, 6.07) is 16.4. The molecule has 2 aromatic carbocycles. The van der Waals surface area contributed by atoms with Gasteiger partial charge < -0.3 is 20.1 Å². The van der Waals surface area contributed by atoms with Crippen molar-refractivity contribution in [3.05, 3.63) is 59.7 Å². The van der Waals surface area contributed by atoms with Crippen molar-refractivity contribution >= 4 is 18.0 Å². The summed E-state index contributed by atoms with van der Waals surface area (Å²) in [4.78, 5) is 38.4. The van der Waals surface area contributed by atoms with Crippen LogP contribution >= 0.6 is 0 Å². The van der Waals surface area contributed by atoms with Gasteiger partial charge >= 0.3 is 12.1 Å². The molecule has 35 heavy (non-hydrogen) atoms. The minimum atomic E-state index is -0.902.